The van der Waals surface area contributed by atoms with Crippen molar-refractivity contribution in [1.82, 2.24) is 14.4 Å². The molecule has 3 amide bonds. The molecular weight excluding hydrogens is 520 g/mol. The Labute approximate surface area is 223 Å². The number of carbonyl (C=O) groups excluding carboxylic acids is 4. The van der Waals surface area contributed by atoms with E-state index in [1.165, 1.54) is 23.1 Å². The van der Waals surface area contributed by atoms with Crippen molar-refractivity contribution < 1.29 is 33.4 Å². The number of piperazine rings is 1. The third kappa shape index (κ3) is 7.96. The molecule has 0 aliphatic carbocycles. The van der Waals surface area contributed by atoms with Gasteiger partial charge in [0.2, 0.25) is 5.91 Å². The number of rotatable bonds is 10. The first-order valence-electron chi connectivity index (χ1n) is 12.1. The topological polar surface area (TPSA) is 120 Å². The van der Waals surface area contributed by atoms with Crippen LogP contribution in [-0.2, 0) is 30.4 Å². The molecule has 37 heavy (non-hydrogen) atoms. The monoisotopic (exact) mass is 552 g/mol. The Morgan fingerprint density at radius 3 is 2.32 bits per heavy atom. The summed E-state index contributed by atoms with van der Waals surface area (Å²) in [5.74, 6) is -0.0780. The number of esters is 1. The van der Waals surface area contributed by atoms with Crippen LogP contribution in [-0.4, -0.2) is 95.7 Å². The van der Waals surface area contributed by atoms with Crippen molar-refractivity contribution in [3.05, 3.63) is 23.0 Å². The number of thiazole rings is 1. The van der Waals surface area contributed by atoms with Gasteiger partial charge in [-0.25, -0.2) is 4.79 Å². The molecule has 0 radical (unpaired) electrons. The Hall–Kier alpha value is -3.06. The Balaban J connectivity index is 1.62. The van der Waals surface area contributed by atoms with Gasteiger partial charge in [0.1, 0.15) is 12.3 Å². The minimum Gasteiger partial charge on any atom is -0.494 e. The number of benzene rings is 1. The highest BCUT2D eigenvalue weighted by Crippen LogP contribution is 2.23. The van der Waals surface area contributed by atoms with E-state index in [1.807, 2.05) is 19.1 Å². The van der Waals surface area contributed by atoms with E-state index in [4.69, 9.17) is 14.2 Å². The van der Waals surface area contributed by atoms with Crippen molar-refractivity contribution in [3.8, 4) is 5.75 Å². The zero-order chi connectivity index (χ0) is 26.8. The van der Waals surface area contributed by atoms with Crippen molar-refractivity contribution in [3.63, 3.8) is 0 Å². The van der Waals surface area contributed by atoms with E-state index in [9.17, 15) is 19.2 Å². The maximum absolute atomic E-state index is 12.6. The summed E-state index contributed by atoms with van der Waals surface area (Å²) in [6.07, 6.45) is -0.369. The second kappa shape index (κ2) is 14.0. The summed E-state index contributed by atoms with van der Waals surface area (Å²) in [6.45, 7) is 8.08. The predicted molar refractivity (Wildman–Crippen MR) is 141 cm³/mol. The smallest absolute Gasteiger partial charge is 0.409 e. The molecule has 1 aromatic carbocycles. The second-order valence-corrected chi connectivity index (χ2v) is 9.90. The van der Waals surface area contributed by atoms with E-state index in [0.717, 1.165) is 10.2 Å². The van der Waals surface area contributed by atoms with Gasteiger partial charge in [-0.3, -0.25) is 14.4 Å². The molecular formula is C24H32N4O7S2. The van der Waals surface area contributed by atoms with Crippen LogP contribution in [0.15, 0.2) is 23.2 Å². The molecule has 11 nitrogen and oxygen atoms in total. The molecule has 1 fully saturated rings. The molecule has 2 aromatic rings. The molecule has 1 saturated heterocycles. The Morgan fingerprint density at radius 1 is 0.946 bits per heavy atom. The maximum atomic E-state index is 12.6. The van der Waals surface area contributed by atoms with Crippen LogP contribution >= 0.6 is 23.1 Å². The fourth-order valence-corrected chi connectivity index (χ4v) is 5.47. The van der Waals surface area contributed by atoms with E-state index >= 15 is 0 Å². The molecule has 0 bridgehead atoms. The van der Waals surface area contributed by atoms with Gasteiger partial charge in [-0.05, 0) is 39.0 Å². The molecule has 0 N–H and O–H groups in total. The van der Waals surface area contributed by atoms with Gasteiger partial charge < -0.3 is 28.6 Å². The predicted octanol–water partition coefficient (Wildman–Crippen LogP) is 2.13. The van der Waals surface area contributed by atoms with Crippen LogP contribution in [0.25, 0.3) is 10.2 Å². The first-order chi connectivity index (χ1) is 17.9. The zero-order valence-corrected chi connectivity index (χ0v) is 22.9. The lowest BCUT2D eigenvalue weighted by Gasteiger charge is -2.34. The highest BCUT2D eigenvalue weighted by molar-refractivity contribution is 8.00. The highest BCUT2D eigenvalue weighted by atomic mass is 32.2. The first-order valence-corrected chi connectivity index (χ1v) is 14.1. The van der Waals surface area contributed by atoms with Crippen molar-refractivity contribution in [2.75, 3.05) is 57.5 Å². The number of amides is 3. The van der Waals surface area contributed by atoms with Crippen LogP contribution in [0.2, 0.25) is 0 Å². The van der Waals surface area contributed by atoms with Gasteiger partial charge in [-0.1, -0.05) is 11.3 Å². The van der Waals surface area contributed by atoms with E-state index < -0.39 is 11.9 Å². The summed E-state index contributed by atoms with van der Waals surface area (Å²) >= 11 is 2.47. The third-order valence-electron chi connectivity index (χ3n) is 5.39. The second-order valence-electron chi connectivity index (χ2n) is 7.90. The van der Waals surface area contributed by atoms with Gasteiger partial charge in [0.25, 0.3) is 5.91 Å². The average Bonchev–Trinajstić information content (AvgIpc) is 3.20. The van der Waals surface area contributed by atoms with Crippen LogP contribution in [0, 0.1) is 0 Å². The lowest BCUT2D eigenvalue weighted by molar-refractivity contribution is -0.143. The molecule has 1 aromatic heterocycles. The van der Waals surface area contributed by atoms with Gasteiger partial charge in [-0.2, -0.15) is 4.99 Å². The lowest BCUT2D eigenvalue weighted by atomic mass is 10.3. The summed E-state index contributed by atoms with van der Waals surface area (Å²) in [6, 6.07) is 5.48. The van der Waals surface area contributed by atoms with Gasteiger partial charge in [-0.15, -0.1) is 11.8 Å². The quantitative estimate of drug-likeness (QED) is 0.411. The van der Waals surface area contributed by atoms with E-state index in [1.54, 1.807) is 34.3 Å². The van der Waals surface area contributed by atoms with Crippen LogP contribution in [0.4, 0.5) is 4.79 Å². The fourth-order valence-electron chi connectivity index (χ4n) is 3.69. The van der Waals surface area contributed by atoms with Crippen molar-refractivity contribution in [2.45, 2.75) is 27.3 Å². The molecule has 0 atom stereocenters. The number of carbonyl (C=O) groups is 4. The summed E-state index contributed by atoms with van der Waals surface area (Å²) < 4.78 is 18.1. The molecule has 1 aliphatic heterocycles. The highest BCUT2D eigenvalue weighted by Gasteiger charge is 2.24. The summed E-state index contributed by atoms with van der Waals surface area (Å²) in [5.41, 5.74) is 0.748. The molecule has 1 aliphatic rings. The molecule has 0 saturated carbocycles. The van der Waals surface area contributed by atoms with E-state index in [-0.39, 0.29) is 36.7 Å². The number of hydrogen-bond donors (Lipinski definition) is 0. The van der Waals surface area contributed by atoms with E-state index in [0.29, 0.717) is 49.9 Å². The van der Waals surface area contributed by atoms with Crippen LogP contribution in [0.1, 0.15) is 20.8 Å². The summed E-state index contributed by atoms with van der Waals surface area (Å²) in [4.78, 5) is 57.0. The van der Waals surface area contributed by atoms with Crippen molar-refractivity contribution in [1.29, 1.82) is 0 Å². The molecule has 202 valence electrons. The van der Waals surface area contributed by atoms with Crippen LogP contribution in [0.3, 0.4) is 0 Å². The fraction of sp³-hybridized carbons (Fsp3) is 0.542. The van der Waals surface area contributed by atoms with Crippen LogP contribution in [0.5, 0.6) is 5.75 Å². The number of fused-ring (bicyclic) bond motifs is 1. The van der Waals surface area contributed by atoms with Crippen LogP contribution < -0.4 is 9.54 Å². The standard InChI is InChI=1S/C24H32N4O7S2/c1-4-33-17-7-8-18-19(13-17)37-23(28(18)14-22(31)34-5-2)25-20(29)15-36-16-21(30)26-9-11-27(12-10-26)24(32)35-6-3/h7-8,13H,4-6,9-12,14-16H2,1-3H3. The number of ether oxygens (including phenoxy) is 3. The number of hydrogen-bond acceptors (Lipinski definition) is 9. The number of nitrogens with zero attached hydrogens (tertiary/aromatic N) is 4. The molecule has 13 heteroatoms. The largest absolute Gasteiger partial charge is 0.494 e. The molecule has 0 unspecified atom stereocenters. The minimum atomic E-state index is -0.423. The average molecular weight is 553 g/mol. The zero-order valence-electron chi connectivity index (χ0n) is 21.3. The van der Waals surface area contributed by atoms with Gasteiger partial charge >= 0.3 is 12.1 Å². The molecule has 3 rings (SSSR count). The van der Waals surface area contributed by atoms with Gasteiger partial charge in [0.15, 0.2) is 4.80 Å². The van der Waals surface area contributed by atoms with E-state index in [2.05, 4.69) is 4.99 Å². The molecule has 0 spiro atoms. The summed E-state index contributed by atoms with van der Waals surface area (Å²) in [5, 5.41) is 0. The Kier molecular flexibility index (Phi) is 10.8. The maximum Gasteiger partial charge on any atom is 0.409 e. The summed E-state index contributed by atoms with van der Waals surface area (Å²) in [7, 11) is 0. The third-order valence-corrected chi connectivity index (χ3v) is 7.33. The Morgan fingerprint density at radius 2 is 1.65 bits per heavy atom. The SMILES string of the molecule is CCOC(=O)Cn1c(=NC(=O)CSCC(=O)N2CCN(C(=O)OCC)CC2)sc2cc(OCC)ccc21. The number of thioether (sulfide) groups is 1. The Bertz CT molecular complexity index is 1190. The van der Waals surface area contributed by atoms with Crippen molar-refractivity contribution >= 4 is 57.2 Å². The van der Waals surface area contributed by atoms with Crippen molar-refractivity contribution in [2.24, 2.45) is 4.99 Å². The minimum absolute atomic E-state index is 0.0202. The molecule has 2 heterocycles. The lowest BCUT2D eigenvalue weighted by Crippen LogP contribution is -2.51. The van der Waals surface area contributed by atoms with Gasteiger partial charge in [0.05, 0.1) is 41.5 Å². The van der Waals surface area contributed by atoms with Gasteiger partial charge in [0, 0.05) is 26.2 Å². The normalized spacial score (nSPS) is 14.1. The number of aromatic nitrogens is 1. The first kappa shape index (κ1) is 28.5.